The van der Waals surface area contributed by atoms with Gasteiger partial charge in [-0.25, -0.2) is 0 Å². The van der Waals surface area contributed by atoms with Crippen molar-refractivity contribution in [3.8, 4) is 5.75 Å². The third-order valence-electron chi connectivity index (χ3n) is 4.32. The third-order valence-corrected chi connectivity index (χ3v) is 4.85. The van der Waals surface area contributed by atoms with Gasteiger partial charge in [-0.1, -0.05) is 74.8 Å². The minimum atomic E-state index is -0.474. The van der Waals surface area contributed by atoms with Crippen LogP contribution >= 0.6 is 15.9 Å². The van der Waals surface area contributed by atoms with E-state index >= 15 is 0 Å². The Bertz CT molecular complexity index is 730. The lowest BCUT2D eigenvalue weighted by Crippen LogP contribution is -2.37. The van der Waals surface area contributed by atoms with Crippen LogP contribution in [0.4, 0.5) is 0 Å². The summed E-state index contributed by atoms with van der Waals surface area (Å²) in [6.07, 6.45) is -0.474. The van der Waals surface area contributed by atoms with Gasteiger partial charge in [0.15, 0.2) is 0 Å². The number of hydrogen-bond acceptors (Lipinski definition) is 2. The molecule has 0 heterocycles. The molecule has 0 radical (unpaired) electrons. The summed E-state index contributed by atoms with van der Waals surface area (Å²) in [4.78, 5) is 14.2. The van der Waals surface area contributed by atoms with Crippen LogP contribution in [0.5, 0.6) is 5.75 Å². The van der Waals surface area contributed by atoms with E-state index in [1.54, 1.807) is 11.9 Å². The Labute approximate surface area is 165 Å². The summed E-state index contributed by atoms with van der Waals surface area (Å²) in [5.41, 5.74) is 2.27. The van der Waals surface area contributed by atoms with E-state index < -0.39 is 6.23 Å². The van der Waals surface area contributed by atoms with Crippen molar-refractivity contribution in [2.45, 2.75) is 46.3 Å². The Balaban J connectivity index is 2.32. The first-order chi connectivity index (χ1) is 12.1. The molecule has 4 heteroatoms. The fraction of sp³-hybridized carbons (Fsp3) is 0.409. The van der Waals surface area contributed by atoms with E-state index in [4.69, 9.17) is 4.74 Å². The minimum Gasteiger partial charge on any atom is -0.466 e. The first kappa shape index (κ1) is 20.5. The summed E-state index contributed by atoms with van der Waals surface area (Å²) < 4.78 is 7.22. The minimum absolute atomic E-state index is 0.0456. The molecule has 0 fully saturated rings. The van der Waals surface area contributed by atoms with Gasteiger partial charge in [-0.15, -0.1) is 0 Å². The van der Waals surface area contributed by atoms with Gasteiger partial charge in [-0.2, -0.15) is 0 Å². The van der Waals surface area contributed by atoms with Gasteiger partial charge in [0.25, 0.3) is 0 Å². The van der Waals surface area contributed by atoms with E-state index in [9.17, 15) is 4.79 Å². The van der Waals surface area contributed by atoms with E-state index in [1.165, 1.54) is 5.56 Å². The normalized spacial score (nSPS) is 12.8. The topological polar surface area (TPSA) is 29.5 Å². The second-order valence-corrected chi connectivity index (χ2v) is 8.82. The van der Waals surface area contributed by atoms with Crippen LogP contribution in [0.2, 0.25) is 0 Å². The molecule has 0 saturated carbocycles. The van der Waals surface area contributed by atoms with Gasteiger partial charge in [-0.05, 0) is 35.2 Å². The van der Waals surface area contributed by atoms with Crippen LogP contribution in [0.25, 0.3) is 0 Å². The summed E-state index contributed by atoms with van der Waals surface area (Å²) in [6, 6.07) is 16.0. The highest BCUT2D eigenvalue weighted by Gasteiger charge is 2.25. The van der Waals surface area contributed by atoms with Crippen LogP contribution in [-0.2, 0) is 10.2 Å². The number of ether oxygens (including phenoxy) is 1. The Morgan fingerprint density at radius 1 is 1.00 bits per heavy atom. The molecule has 3 nitrogen and oxygen atoms in total. The van der Waals surface area contributed by atoms with E-state index in [2.05, 4.69) is 48.8 Å². The average Bonchev–Trinajstić information content (AvgIpc) is 2.59. The smallest absolute Gasteiger partial charge is 0.227 e. The quantitative estimate of drug-likeness (QED) is 0.563. The highest BCUT2D eigenvalue weighted by atomic mass is 79.9. The fourth-order valence-corrected chi connectivity index (χ4v) is 2.95. The van der Waals surface area contributed by atoms with Crippen molar-refractivity contribution in [1.82, 2.24) is 4.90 Å². The van der Waals surface area contributed by atoms with Gasteiger partial charge in [-0.3, -0.25) is 4.79 Å². The molecule has 0 spiro atoms. The van der Waals surface area contributed by atoms with Gasteiger partial charge < -0.3 is 9.64 Å². The maximum absolute atomic E-state index is 12.5. The Hall–Kier alpha value is -1.81. The molecule has 2 rings (SSSR count). The first-order valence-electron chi connectivity index (χ1n) is 8.89. The third kappa shape index (κ3) is 5.10. The molecular weight excluding hydrogens is 390 g/mol. The number of carbonyl (C=O) groups excluding carboxylic acids is 1. The second-order valence-electron chi connectivity index (χ2n) is 7.90. The first-order valence-corrected chi connectivity index (χ1v) is 9.68. The lowest BCUT2D eigenvalue weighted by atomic mass is 9.87. The van der Waals surface area contributed by atoms with Crippen molar-refractivity contribution < 1.29 is 9.53 Å². The lowest BCUT2D eigenvalue weighted by molar-refractivity contribution is -0.141. The molecule has 0 N–H and O–H groups in total. The summed E-state index contributed by atoms with van der Waals surface area (Å²) >= 11 is 3.46. The summed E-state index contributed by atoms with van der Waals surface area (Å²) in [5, 5.41) is 0. The Kier molecular flexibility index (Phi) is 6.51. The van der Waals surface area contributed by atoms with E-state index in [0.717, 1.165) is 15.8 Å². The molecule has 0 aliphatic heterocycles. The van der Waals surface area contributed by atoms with E-state index in [-0.39, 0.29) is 17.2 Å². The van der Waals surface area contributed by atoms with Gasteiger partial charge >= 0.3 is 0 Å². The number of halogens is 1. The number of hydrogen-bond donors (Lipinski definition) is 0. The standard InChI is InChI=1S/C22H28BrNO2/c1-15(2)20(25)24(6)21(16-7-11-18(23)12-8-16)26-19-13-9-17(10-14-19)22(3,4)5/h7-15,21H,1-6H3. The summed E-state index contributed by atoms with van der Waals surface area (Å²) in [5.74, 6) is 0.698. The molecule has 0 saturated heterocycles. The van der Waals surface area contributed by atoms with Crippen molar-refractivity contribution >= 4 is 21.8 Å². The predicted molar refractivity (Wildman–Crippen MR) is 110 cm³/mol. The largest absolute Gasteiger partial charge is 0.466 e. The predicted octanol–water partition coefficient (Wildman–Crippen LogP) is 5.94. The molecule has 2 aromatic rings. The van der Waals surface area contributed by atoms with Crippen molar-refractivity contribution in [3.05, 3.63) is 64.1 Å². The zero-order valence-corrected chi connectivity index (χ0v) is 18.0. The average molecular weight is 418 g/mol. The maximum Gasteiger partial charge on any atom is 0.227 e. The second kappa shape index (κ2) is 8.26. The SMILES string of the molecule is CC(C)C(=O)N(C)C(Oc1ccc(C(C)(C)C)cc1)c1ccc(Br)cc1. The molecule has 1 unspecified atom stereocenters. The molecule has 2 aromatic carbocycles. The van der Waals surface area contributed by atoms with Gasteiger partial charge in [0.05, 0.1) is 0 Å². The summed E-state index contributed by atoms with van der Waals surface area (Å²) in [6.45, 7) is 10.3. The molecule has 1 atom stereocenters. The number of amides is 1. The maximum atomic E-state index is 12.5. The Morgan fingerprint density at radius 2 is 1.54 bits per heavy atom. The van der Waals surface area contributed by atoms with Crippen molar-refractivity contribution in [3.63, 3.8) is 0 Å². The van der Waals surface area contributed by atoms with Crippen LogP contribution in [0, 0.1) is 5.92 Å². The molecular formula is C22H28BrNO2. The highest BCUT2D eigenvalue weighted by Crippen LogP contribution is 2.29. The number of rotatable bonds is 5. The molecule has 0 aliphatic carbocycles. The number of benzene rings is 2. The molecule has 0 bridgehead atoms. The molecule has 140 valence electrons. The monoisotopic (exact) mass is 417 g/mol. The Morgan fingerprint density at radius 3 is 2.00 bits per heavy atom. The van der Waals surface area contributed by atoms with Gasteiger partial charge in [0.2, 0.25) is 12.1 Å². The number of nitrogens with zero attached hydrogens (tertiary/aromatic N) is 1. The highest BCUT2D eigenvalue weighted by molar-refractivity contribution is 9.10. The van der Waals surface area contributed by atoms with Gasteiger partial charge in [0.1, 0.15) is 5.75 Å². The molecule has 26 heavy (non-hydrogen) atoms. The van der Waals surface area contributed by atoms with Crippen LogP contribution in [0.1, 0.15) is 52.0 Å². The zero-order valence-electron chi connectivity index (χ0n) is 16.4. The van der Waals surface area contributed by atoms with Crippen molar-refractivity contribution in [1.29, 1.82) is 0 Å². The van der Waals surface area contributed by atoms with Crippen LogP contribution in [-0.4, -0.2) is 17.9 Å². The van der Waals surface area contributed by atoms with Crippen molar-refractivity contribution in [2.75, 3.05) is 7.05 Å². The van der Waals surface area contributed by atoms with Crippen LogP contribution < -0.4 is 4.74 Å². The number of carbonyl (C=O) groups is 1. The zero-order chi connectivity index (χ0) is 19.5. The van der Waals surface area contributed by atoms with Gasteiger partial charge in [0, 0.05) is 23.0 Å². The molecule has 0 aliphatic rings. The molecule has 1 amide bonds. The van der Waals surface area contributed by atoms with E-state index in [0.29, 0.717) is 0 Å². The lowest BCUT2D eigenvalue weighted by Gasteiger charge is -2.30. The van der Waals surface area contributed by atoms with E-state index in [1.807, 2.05) is 50.2 Å². The molecule has 0 aromatic heterocycles. The van der Waals surface area contributed by atoms with Crippen LogP contribution in [0.15, 0.2) is 53.0 Å². The summed E-state index contributed by atoms with van der Waals surface area (Å²) in [7, 11) is 1.79. The van der Waals surface area contributed by atoms with Crippen LogP contribution in [0.3, 0.4) is 0 Å². The fourth-order valence-electron chi connectivity index (χ4n) is 2.68. The van der Waals surface area contributed by atoms with Crippen molar-refractivity contribution in [2.24, 2.45) is 5.92 Å².